The van der Waals surface area contributed by atoms with Crippen molar-refractivity contribution >= 4 is 5.78 Å². The van der Waals surface area contributed by atoms with Crippen LogP contribution < -0.4 is 4.74 Å². The predicted octanol–water partition coefficient (Wildman–Crippen LogP) is 3.78. The van der Waals surface area contributed by atoms with Crippen LogP contribution in [0.15, 0.2) is 6.07 Å². The molecule has 0 N–H and O–H groups in total. The molecule has 2 aliphatic rings. The smallest absolute Gasteiger partial charge is 0.167 e. The van der Waals surface area contributed by atoms with Crippen LogP contribution in [0, 0.1) is 19.8 Å². The summed E-state index contributed by atoms with van der Waals surface area (Å²) in [5.41, 5.74) is 4.50. The highest BCUT2D eigenvalue weighted by molar-refractivity contribution is 6.05. The molecule has 2 aliphatic carbocycles. The number of carbonyl (C=O) groups is 1. The van der Waals surface area contributed by atoms with Crippen molar-refractivity contribution in [3.05, 3.63) is 28.3 Å². The SMILES string of the molecule is COc1cc2c(c(C)c1C)C(=O)[C@H]1CCCC[C@@H]21. The zero-order valence-corrected chi connectivity index (χ0v) is 11.4. The van der Waals surface area contributed by atoms with E-state index in [1.807, 2.05) is 6.92 Å². The van der Waals surface area contributed by atoms with Crippen molar-refractivity contribution in [2.24, 2.45) is 5.92 Å². The number of Topliss-reactive ketones (excluding diaryl/α,β-unsaturated/α-hetero) is 1. The van der Waals surface area contributed by atoms with Crippen molar-refractivity contribution in [1.82, 2.24) is 0 Å². The molecular formula is C16H20O2. The fraction of sp³-hybridized carbons (Fsp3) is 0.562. The summed E-state index contributed by atoms with van der Waals surface area (Å²) in [4.78, 5) is 12.6. The van der Waals surface area contributed by atoms with Crippen LogP contribution in [0.25, 0.3) is 0 Å². The summed E-state index contributed by atoms with van der Waals surface area (Å²) in [5.74, 6) is 2.02. The molecule has 0 amide bonds. The lowest BCUT2D eigenvalue weighted by atomic mass is 9.79. The number of carbonyl (C=O) groups excluding carboxylic acids is 1. The molecule has 2 heteroatoms. The van der Waals surface area contributed by atoms with E-state index >= 15 is 0 Å². The Labute approximate surface area is 108 Å². The number of fused-ring (bicyclic) bond motifs is 3. The first-order chi connectivity index (χ1) is 8.65. The quantitative estimate of drug-likeness (QED) is 0.751. The first-order valence-corrected chi connectivity index (χ1v) is 6.87. The minimum atomic E-state index is 0.249. The fourth-order valence-corrected chi connectivity index (χ4v) is 3.74. The summed E-state index contributed by atoms with van der Waals surface area (Å²) in [7, 11) is 1.71. The molecular weight excluding hydrogens is 224 g/mol. The Morgan fingerprint density at radius 3 is 2.44 bits per heavy atom. The van der Waals surface area contributed by atoms with Gasteiger partial charge in [-0.3, -0.25) is 4.79 Å². The van der Waals surface area contributed by atoms with E-state index in [1.54, 1.807) is 7.11 Å². The second-order valence-electron chi connectivity index (χ2n) is 5.65. The van der Waals surface area contributed by atoms with E-state index in [-0.39, 0.29) is 5.92 Å². The van der Waals surface area contributed by atoms with Gasteiger partial charge in [-0.2, -0.15) is 0 Å². The fourth-order valence-electron chi connectivity index (χ4n) is 3.74. The number of ether oxygens (including phenoxy) is 1. The molecule has 0 bridgehead atoms. The summed E-state index contributed by atoms with van der Waals surface area (Å²) in [5, 5.41) is 0. The van der Waals surface area contributed by atoms with Crippen LogP contribution in [-0.4, -0.2) is 12.9 Å². The molecule has 2 atom stereocenters. The number of benzene rings is 1. The van der Waals surface area contributed by atoms with E-state index in [0.717, 1.165) is 35.3 Å². The number of methoxy groups -OCH3 is 1. The first-order valence-electron chi connectivity index (χ1n) is 6.87. The van der Waals surface area contributed by atoms with E-state index in [2.05, 4.69) is 13.0 Å². The van der Waals surface area contributed by atoms with Crippen LogP contribution in [0.4, 0.5) is 0 Å². The van der Waals surface area contributed by atoms with Gasteiger partial charge in [0, 0.05) is 11.5 Å². The Hall–Kier alpha value is -1.31. The number of hydrogen-bond acceptors (Lipinski definition) is 2. The van der Waals surface area contributed by atoms with Gasteiger partial charge < -0.3 is 4.74 Å². The predicted molar refractivity (Wildman–Crippen MR) is 71.5 cm³/mol. The molecule has 0 aromatic heterocycles. The van der Waals surface area contributed by atoms with Gasteiger partial charge >= 0.3 is 0 Å². The molecule has 1 aromatic carbocycles. The van der Waals surface area contributed by atoms with Crippen LogP contribution in [0.5, 0.6) is 5.75 Å². The normalized spacial score (nSPS) is 25.8. The minimum Gasteiger partial charge on any atom is -0.496 e. The maximum Gasteiger partial charge on any atom is 0.167 e. The number of ketones is 1. The van der Waals surface area contributed by atoms with Crippen LogP contribution >= 0.6 is 0 Å². The Balaban J connectivity index is 2.19. The van der Waals surface area contributed by atoms with Crippen molar-refractivity contribution in [3.63, 3.8) is 0 Å². The summed E-state index contributed by atoms with van der Waals surface area (Å²) >= 11 is 0. The number of rotatable bonds is 1. The molecule has 2 nitrogen and oxygen atoms in total. The van der Waals surface area contributed by atoms with Gasteiger partial charge in [0.05, 0.1) is 7.11 Å². The largest absolute Gasteiger partial charge is 0.496 e. The molecule has 96 valence electrons. The lowest BCUT2D eigenvalue weighted by Gasteiger charge is -2.24. The lowest BCUT2D eigenvalue weighted by Crippen LogP contribution is -2.17. The monoisotopic (exact) mass is 244 g/mol. The molecule has 18 heavy (non-hydrogen) atoms. The van der Waals surface area contributed by atoms with Gasteiger partial charge in [0.25, 0.3) is 0 Å². The number of hydrogen-bond donors (Lipinski definition) is 0. The summed E-state index contributed by atoms with van der Waals surface area (Å²) in [6.45, 7) is 4.11. The highest BCUT2D eigenvalue weighted by Crippen LogP contribution is 2.49. The van der Waals surface area contributed by atoms with Crippen LogP contribution in [-0.2, 0) is 0 Å². The van der Waals surface area contributed by atoms with Gasteiger partial charge in [-0.25, -0.2) is 0 Å². The molecule has 1 fully saturated rings. The zero-order chi connectivity index (χ0) is 12.9. The third-order valence-corrected chi connectivity index (χ3v) is 4.85. The molecule has 0 heterocycles. The van der Waals surface area contributed by atoms with E-state index in [9.17, 15) is 4.79 Å². The van der Waals surface area contributed by atoms with Gasteiger partial charge in [-0.1, -0.05) is 12.8 Å². The van der Waals surface area contributed by atoms with Gasteiger partial charge in [0.15, 0.2) is 5.78 Å². The zero-order valence-electron chi connectivity index (χ0n) is 11.4. The molecule has 1 aromatic rings. The van der Waals surface area contributed by atoms with Crippen LogP contribution in [0.3, 0.4) is 0 Å². The average molecular weight is 244 g/mol. The van der Waals surface area contributed by atoms with E-state index < -0.39 is 0 Å². The topological polar surface area (TPSA) is 26.3 Å². The van der Waals surface area contributed by atoms with Crippen LogP contribution in [0.1, 0.15) is 58.6 Å². The Bertz CT molecular complexity index is 516. The first kappa shape index (κ1) is 11.8. The molecule has 0 spiro atoms. The van der Waals surface area contributed by atoms with Gasteiger partial charge in [0.2, 0.25) is 0 Å². The second-order valence-corrected chi connectivity index (χ2v) is 5.65. The Kier molecular flexibility index (Phi) is 2.69. The third-order valence-electron chi connectivity index (χ3n) is 4.85. The third kappa shape index (κ3) is 1.44. The van der Waals surface area contributed by atoms with Crippen molar-refractivity contribution < 1.29 is 9.53 Å². The summed E-state index contributed by atoms with van der Waals surface area (Å²) < 4.78 is 5.45. The molecule has 0 saturated heterocycles. The Morgan fingerprint density at radius 1 is 1.11 bits per heavy atom. The molecule has 3 rings (SSSR count). The summed E-state index contributed by atoms with van der Waals surface area (Å²) in [6, 6.07) is 2.12. The van der Waals surface area contributed by atoms with Gasteiger partial charge in [0.1, 0.15) is 5.75 Å². The highest BCUT2D eigenvalue weighted by Gasteiger charge is 2.42. The Morgan fingerprint density at radius 2 is 1.78 bits per heavy atom. The second kappa shape index (κ2) is 4.11. The molecule has 0 radical (unpaired) electrons. The van der Waals surface area contributed by atoms with Crippen molar-refractivity contribution in [3.8, 4) is 5.75 Å². The van der Waals surface area contributed by atoms with Gasteiger partial charge in [-0.15, -0.1) is 0 Å². The summed E-state index contributed by atoms with van der Waals surface area (Å²) in [6.07, 6.45) is 4.69. The van der Waals surface area contributed by atoms with Crippen molar-refractivity contribution in [2.75, 3.05) is 7.11 Å². The van der Waals surface area contributed by atoms with Gasteiger partial charge in [-0.05, 0) is 55.4 Å². The maximum absolute atomic E-state index is 12.6. The lowest BCUT2D eigenvalue weighted by molar-refractivity contribution is 0.0897. The van der Waals surface area contributed by atoms with E-state index in [4.69, 9.17) is 4.74 Å². The van der Waals surface area contributed by atoms with E-state index in [1.165, 1.54) is 18.4 Å². The van der Waals surface area contributed by atoms with Crippen molar-refractivity contribution in [1.29, 1.82) is 0 Å². The minimum absolute atomic E-state index is 0.249. The average Bonchev–Trinajstić information content (AvgIpc) is 2.68. The van der Waals surface area contributed by atoms with Crippen LogP contribution in [0.2, 0.25) is 0 Å². The van der Waals surface area contributed by atoms with E-state index in [0.29, 0.717) is 11.7 Å². The van der Waals surface area contributed by atoms with Crippen molar-refractivity contribution in [2.45, 2.75) is 45.4 Å². The molecule has 0 aliphatic heterocycles. The molecule has 0 unspecified atom stereocenters. The highest BCUT2D eigenvalue weighted by atomic mass is 16.5. The maximum atomic E-state index is 12.6. The standard InChI is InChI=1S/C16H20O2/c1-9-10(2)15-13(8-14(9)18-3)11-6-4-5-7-12(11)16(15)17/h8,11-12H,4-7H2,1-3H3/t11-,12+/m1/s1. The molecule has 1 saturated carbocycles.